The number of carboxylic acids is 1. The molecule has 0 aliphatic heterocycles. The molecule has 2 N–H and O–H groups in total. The molecule has 0 aliphatic rings. The lowest BCUT2D eigenvalue weighted by Crippen LogP contribution is -2.32. The highest BCUT2D eigenvalue weighted by molar-refractivity contribution is 7.80. The molecular formula is C25H47NO3S. The summed E-state index contributed by atoms with van der Waals surface area (Å²) in [6, 6.07) is 0. The summed E-state index contributed by atoms with van der Waals surface area (Å²) in [7, 11) is 0. The Morgan fingerprint density at radius 1 is 0.833 bits per heavy atom. The topological polar surface area (TPSA) is 66.4 Å². The van der Waals surface area contributed by atoms with Gasteiger partial charge in [0.05, 0.1) is 12.3 Å². The van der Waals surface area contributed by atoms with Crippen LogP contribution >= 0.6 is 12.6 Å². The van der Waals surface area contributed by atoms with Gasteiger partial charge >= 0.3 is 5.97 Å². The molecule has 30 heavy (non-hydrogen) atoms. The van der Waals surface area contributed by atoms with Crippen LogP contribution in [0, 0.1) is 5.92 Å². The van der Waals surface area contributed by atoms with Crippen LogP contribution in [0.4, 0.5) is 0 Å². The van der Waals surface area contributed by atoms with Gasteiger partial charge in [-0.1, -0.05) is 103 Å². The molecule has 176 valence electrons. The highest BCUT2D eigenvalue weighted by Crippen LogP contribution is 2.14. The van der Waals surface area contributed by atoms with Crippen molar-refractivity contribution in [2.45, 2.75) is 116 Å². The van der Waals surface area contributed by atoms with Crippen LogP contribution in [0.2, 0.25) is 0 Å². The molecule has 0 aromatic rings. The predicted molar refractivity (Wildman–Crippen MR) is 131 cm³/mol. The molecule has 5 heteroatoms. The second-order valence-electron chi connectivity index (χ2n) is 8.39. The molecule has 0 fully saturated rings. The van der Waals surface area contributed by atoms with E-state index in [1.54, 1.807) is 6.08 Å². The van der Waals surface area contributed by atoms with Crippen molar-refractivity contribution in [1.82, 2.24) is 5.32 Å². The van der Waals surface area contributed by atoms with Crippen molar-refractivity contribution < 1.29 is 14.7 Å². The van der Waals surface area contributed by atoms with E-state index < -0.39 is 11.9 Å². The Balaban J connectivity index is 3.63. The van der Waals surface area contributed by atoms with Crippen molar-refractivity contribution >= 4 is 24.5 Å². The van der Waals surface area contributed by atoms with Crippen LogP contribution in [0.3, 0.4) is 0 Å². The molecule has 1 atom stereocenters. The Bertz CT molecular complexity index is 440. The number of hydrogen-bond acceptors (Lipinski definition) is 3. The summed E-state index contributed by atoms with van der Waals surface area (Å²) in [5.41, 5.74) is 0. The minimum absolute atomic E-state index is 0.151. The average molecular weight is 442 g/mol. The van der Waals surface area contributed by atoms with Crippen LogP contribution in [-0.4, -0.2) is 29.3 Å². The van der Waals surface area contributed by atoms with Crippen LogP contribution in [0.15, 0.2) is 12.2 Å². The number of hydrogen-bond donors (Lipinski definition) is 3. The second-order valence-corrected chi connectivity index (χ2v) is 8.83. The molecule has 0 bridgehead atoms. The first-order valence-corrected chi connectivity index (χ1v) is 13.0. The third kappa shape index (κ3) is 20.3. The fraction of sp³-hybridized carbons (Fsp3) is 0.840. The Labute approximate surface area is 191 Å². The van der Waals surface area contributed by atoms with Gasteiger partial charge in [0.25, 0.3) is 0 Å². The zero-order valence-electron chi connectivity index (χ0n) is 19.4. The smallest absolute Gasteiger partial charge is 0.304 e. The molecule has 0 heterocycles. The van der Waals surface area contributed by atoms with Gasteiger partial charge in [-0.15, -0.1) is 0 Å². The van der Waals surface area contributed by atoms with Crippen LogP contribution in [-0.2, 0) is 9.59 Å². The Hall–Kier alpha value is -0.970. The number of carbonyl (C=O) groups excluding carboxylic acids is 1. The SMILES string of the molecule is CCCCCCCCCCCCCCCCC=CC(CC(=O)O)C(=O)NCCCS. The summed E-state index contributed by atoms with van der Waals surface area (Å²) in [5.74, 6) is -1.00. The highest BCUT2D eigenvalue weighted by Gasteiger charge is 2.18. The predicted octanol–water partition coefficient (Wildman–Crippen LogP) is 6.94. The van der Waals surface area contributed by atoms with E-state index in [0.717, 1.165) is 19.3 Å². The Kier molecular flexibility index (Phi) is 22.0. The fourth-order valence-corrected chi connectivity index (χ4v) is 3.73. The molecule has 0 aromatic carbocycles. The van der Waals surface area contributed by atoms with Crippen LogP contribution in [0.25, 0.3) is 0 Å². The summed E-state index contributed by atoms with van der Waals surface area (Å²) < 4.78 is 0. The molecule has 0 aromatic heterocycles. The number of carboxylic acid groups (broad SMARTS) is 1. The van der Waals surface area contributed by atoms with Crippen molar-refractivity contribution in [3.63, 3.8) is 0 Å². The molecule has 4 nitrogen and oxygen atoms in total. The molecule has 1 unspecified atom stereocenters. The van der Waals surface area contributed by atoms with Crippen molar-refractivity contribution in [1.29, 1.82) is 0 Å². The maximum absolute atomic E-state index is 12.1. The largest absolute Gasteiger partial charge is 0.481 e. The molecule has 0 aliphatic carbocycles. The molecular weight excluding hydrogens is 394 g/mol. The molecule has 0 saturated heterocycles. The lowest BCUT2D eigenvalue weighted by Gasteiger charge is -2.11. The summed E-state index contributed by atoms with van der Waals surface area (Å²) in [6.07, 6.45) is 24.1. The maximum Gasteiger partial charge on any atom is 0.304 e. The van der Waals surface area contributed by atoms with Gasteiger partial charge in [-0.2, -0.15) is 12.6 Å². The third-order valence-electron chi connectivity index (χ3n) is 5.46. The van der Waals surface area contributed by atoms with Gasteiger partial charge in [-0.05, 0) is 25.0 Å². The lowest BCUT2D eigenvalue weighted by molar-refractivity contribution is -0.140. The van der Waals surface area contributed by atoms with Crippen molar-refractivity contribution in [2.24, 2.45) is 5.92 Å². The highest BCUT2D eigenvalue weighted by atomic mass is 32.1. The summed E-state index contributed by atoms with van der Waals surface area (Å²) in [4.78, 5) is 23.1. The van der Waals surface area contributed by atoms with Gasteiger partial charge in [-0.25, -0.2) is 0 Å². The first-order chi connectivity index (χ1) is 14.6. The van der Waals surface area contributed by atoms with Crippen LogP contribution in [0.5, 0.6) is 0 Å². The minimum Gasteiger partial charge on any atom is -0.481 e. The number of nitrogens with one attached hydrogen (secondary N) is 1. The zero-order valence-corrected chi connectivity index (χ0v) is 20.3. The Morgan fingerprint density at radius 3 is 1.80 bits per heavy atom. The number of rotatable bonds is 22. The van der Waals surface area contributed by atoms with Crippen molar-refractivity contribution in [3.05, 3.63) is 12.2 Å². The van der Waals surface area contributed by atoms with E-state index in [1.165, 1.54) is 83.5 Å². The molecule has 0 saturated carbocycles. The Morgan fingerprint density at radius 2 is 1.33 bits per heavy atom. The van der Waals surface area contributed by atoms with E-state index in [9.17, 15) is 9.59 Å². The van der Waals surface area contributed by atoms with E-state index >= 15 is 0 Å². The monoisotopic (exact) mass is 441 g/mol. The fourth-order valence-electron chi connectivity index (χ4n) is 3.58. The first-order valence-electron chi connectivity index (χ1n) is 12.4. The number of amides is 1. The summed E-state index contributed by atoms with van der Waals surface area (Å²) in [6.45, 7) is 2.81. The maximum atomic E-state index is 12.1. The van der Waals surface area contributed by atoms with Crippen LogP contribution in [0.1, 0.15) is 116 Å². The summed E-state index contributed by atoms with van der Waals surface area (Å²) >= 11 is 4.11. The number of aliphatic carboxylic acids is 1. The molecule has 1 amide bonds. The lowest BCUT2D eigenvalue weighted by atomic mass is 10.0. The van der Waals surface area contributed by atoms with Crippen LogP contribution < -0.4 is 5.32 Å². The van der Waals surface area contributed by atoms with Gasteiger partial charge in [0.2, 0.25) is 5.91 Å². The average Bonchev–Trinajstić information content (AvgIpc) is 2.72. The normalized spacial score (nSPS) is 12.3. The summed E-state index contributed by atoms with van der Waals surface area (Å²) in [5, 5.41) is 11.8. The van der Waals surface area contributed by atoms with Gasteiger partial charge in [0.1, 0.15) is 0 Å². The zero-order chi connectivity index (χ0) is 22.3. The quantitative estimate of drug-likeness (QED) is 0.0968. The van der Waals surface area contributed by atoms with Crippen molar-refractivity contribution in [3.8, 4) is 0 Å². The number of unbranched alkanes of at least 4 members (excludes halogenated alkanes) is 14. The standard InChI is InChI=1S/C25H47NO3S/c1-2-3-4-5-6-7-8-9-10-11-12-13-14-15-16-17-19-23(22-24(27)28)25(29)26-20-18-21-30/h17,19,23,30H,2-16,18,20-22H2,1H3,(H,26,29)(H,27,28). The van der Waals surface area contributed by atoms with Gasteiger partial charge in [0, 0.05) is 6.54 Å². The third-order valence-corrected chi connectivity index (χ3v) is 5.77. The second kappa shape index (κ2) is 22.7. The number of thiol groups is 1. The van der Waals surface area contributed by atoms with E-state index in [0.29, 0.717) is 12.3 Å². The molecule has 0 radical (unpaired) electrons. The minimum atomic E-state index is -0.939. The van der Waals surface area contributed by atoms with E-state index in [2.05, 4.69) is 24.9 Å². The first kappa shape index (κ1) is 29.0. The molecule has 0 rings (SSSR count). The molecule has 0 spiro atoms. The number of allylic oxidation sites excluding steroid dienone is 1. The van der Waals surface area contributed by atoms with Gasteiger partial charge in [-0.3, -0.25) is 9.59 Å². The van der Waals surface area contributed by atoms with Gasteiger partial charge < -0.3 is 10.4 Å². The van der Waals surface area contributed by atoms with Crippen molar-refractivity contribution in [2.75, 3.05) is 12.3 Å². The van der Waals surface area contributed by atoms with E-state index in [4.69, 9.17) is 5.11 Å². The number of carbonyl (C=O) groups is 2. The van der Waals surface area contributed by atoms with E-state index in [-0.39, 0.29) is 12.3 Å². The van der Waals surface area contributed by atoms with E-state index in [1.807, 2.05) is 6.08 Å². The van der Waals surface area contributed by atoms with Gasteiger partial charge in [0.15, 0.2) is 0 Å².